The average molecular weight is 675 g/mol. The summed E-state index contributed by atoms with van der Waals surface area (Å²) in [4.78, 5) is 12.3. The Labute approximate surface area is 288 Å². The van der Waals surface area contributed by atoms with Crippen LogP contribution in [0.2, 0.25) is 0 Å². The SMILES string of the molecule is CCCCCCCCP(CCCCCCCC)(CCCCCCCC)(CCCCCCCC)OP(O)c1cccc2ccccc12. The molecule has 2 aromatic rings. The van der Waals surface area contributed by atoms with Crippen molar-refractivity contribution in [3.8, 4) is 0 Å². The number of fused-ring (bicyclic) bond motifs is 1. The minimum absolute atomic E-state index is 1.04. The zero-order chi connectivity index (χ0) is 33.2. The van der Waals surface area contributed by atoms with Crippen molar-refractivity contribution in [2.45, 2.75) is 182 Å². The van der Waals surface area contributed by atoms with Gasteiger partial charge in [0.05, 0.1) is 0 Å². The van der Waals surface area contributed by atoms with Crippen LogP contribution in [0.4, 0.5) is 0 Å². The van der Waals surface area contributed by atoms with E-state index in [1.807, 2.05) is 0 Å². The normalized spacial score (nSPS) is 13.6. The van der Waals surface area contributed by atoms with Gasteiger partial charge in [-0.1, -0.05) is 0 Å². The summed E-state index contributed by atoms with van der Waals surface area (Å²) in [6, 6.07) is 15.1. The molecule has 1 N–H and O–H groups in total. The van der Waals surface area contributed by atoms with Gasteiger partial charge in [0.1, 0.15) is 0 Å². The number of benzene rings is 2. The molecule has 0 aliphatic heterocycles. The molecule has 266 valence electrons. The Bertz CT molecular complexity index is 927. The van der Waals surface area contributed by atoms with Gasteiger partial charge in [0, 0.05) is 0 Å². The molecule has 0 aliphatic carbocycles. The van der Waals surface area contributed by atoms with Gasteiger partial charge in [0.2, 0.25) is 0 Å². The fourth-order valence-electron chi connectivity index (χ4n) is 7.64. The van der Waals surface area contributed by atoms with E-state index in [2.05, 4.69) is 70.2 Å². The summed E-state index contributed by atoms with van der Waals surface area (Å²) in [7, 11) is -1.67. The topological polar surface area (TPSA) is 29.5 Å². The molecule has 0 heterocycles. The minimum atomic E-state index is -2.69. The van der Waals surface area contributed by atoms with Crippen LogP contribution >= 0.6 is 15.2 Å². The second kappa shape index (κ2) is 25.5. The van der Waals surface area contributed by atoms with E-state index in [0.717, 1.165) is 5.30 Å². The third-order valence-corrected chi connectivity index (χ3v) is 19.6. The summed E-state index contributed by atoms with van der Waals surface area (Å²) < 4.78 is 7.68. The van der Waals surface area contributed by atoms with Gasteiger partial charge in [-0.2, -0.15) is 0 Å². The van der Waals surface area contributed by atoms with E-state index in [4.69, 9.17) is 4.31 Å². The van der Waals surface area contributed by atoms with Crippen LogP contribution in [0.15, 0.2) is 42.5 Å². The van der Waals surface area contributed by atoms with Crippen molar-refractivity contribution in [1.29, 1.82) is 0 Å². The first-order chi connectivity index (χ1) is 22.5. The van der Waals surface area contributed by atoms with E-state index >= 15 is 0 Å². The first kappa shape index (κ1) is 41.7. The molecule has 0 fully saturated rings. The molecule has 2 aromatic carbocycles. The molecule has 2 rings (SSSR count). The molecular weight excluding hydrogens is 598 g/mol. The molecule has 0 saturated heterocycles. The van der Waals surface area contributed by atoms with E-state index < -0.39 is 15.2 Å². The summed E-state index contributed by atoms with van der Waals surface area (Å²) >= 11 is 0. The standard InChI is InChI=1S/C42H76O2P2/c1-5-9-13-17-21-27-36-46(37-28-22-18-14-10-6-2,38-29-23-19-15-11-7-3,39-30-24-20-16-12-8-4)44-45(43)42-35-31-33-40-32-25-26-34-41(40)42/h25-26,31-35,43H,5-24,27-30,36-39H2,1-4H3. The Kier molecular flexibility index (Phi) is 23.0. The number of hydrogen-bond donors (Lipinski definition) is 1. The Balaban J connectivity index is 2.45. The molecule has 0 amide bonds. The molecule has 1 unspecified atom stereocenters. The van der Waals surface area contributed by atoms with Crippen molar-refractivity contribution >= 4 is 31.3 Å². The molecule has 0 aliphatic rings. The fourth-order valence-corrected chi connectivity index (χ4v) is 17.1. The Hall–Kier alpha value is -0.520. The number of rotatable bonds is 31. The molecule has 0 saturated carbocycles. The monoisotopic (exact) mass is 675 g/mol. The van der Waals surface area contributed by atoms with Crippen LogP contribution in [0, 0.1) is 0 Å². The summed E-state index contributed by atoms with van der Waals surface area (Å²) in [5.74, 6) is 0. The maximum atomic E-state index is 12.3. The second-order valence-electron chi connectivity index (χ2n) is 14.7. The third-order valence-electron chi connectivity index (χ3n) is 10.6. The predicted octanol–water partition coefficient (Wildman–Crippen LogP) is 14.7. The molecule has 46 heavy (non-hydrogen) atoms. The summed E-state index contributed by atoms with van der Waals surface area (Å²) in [5, 5.41) is 3.43. The van der Waals surface area contributed by atoms with Crippen LogP contribution in [0.5, 0.6) is 0 Å². The van der Waals surface area contributed by atoms with Gasteiger partial charge in [-0.05, 0) is 0 Å². The first-order valence-electron chi connectivity index (χ1n) is 20.2. The first-order valence-corrected chi connectivity index (χ1v) is 24.3. The summed E-state index contributed by atoms with van der Waals surface area (Å²) in [5.41, 5.74) is 0. The van der Waals surface area contributed by atoms with E-state index in [1.54, 1.807) is 0 Å². The molecule has 0 aromatic heterocycles. The molecule has 0 spiro atoms. The van der Waals surface area contributed by atoms with Gasteiger partial charge in [-0.15, -0.1) is 0 Å². The van der Waals surface area contributed by atoms with Crippen LogP contribution in [0.1, 0.15) is 182 Å². The van der Waals surface area contributed by atoms with Crippen molar-refractivity contribution in [2.24, 2.45) is 0 Å². The van der Waals surface area contributed by atoms with Crippen molar-refractivity contribution in [3.05, 3.63) is 42.5 Å². The molecule has 4 heteroatoms. The Morgan fingerprint density at radius 1 is 0.457 bits per heavy atom. The van der Waals surface area contributed by atoms with Crippen LogP contribution in [-0.2, 0) is 4.31 Å². The van der Waals surface area contributed by atoms with Crippen LogP contribution in [0.3, 0.4) is 0 Å². The van der Waals surface area contributed by atoms with Crippen LogP contribution in [0.25, 0.3) is 10.8 Å². The van der Waals surface area contributed by atoms with Crippen molar-refractivity contribution in [1.82, 2.24) is 0 Å². The van der Waals surface area contributed by atoms with Gasteiger partial charge in [0.25, 0.3) is 0 Å². The van der Waals surface area contributed by atoms with E-state index in [-0.39, 0.29) is 0 Å². The quantitative estimate of drug-likeness (QED) is 0.0637. The van der Waals surface area contributed by atoms with E-state index in [1.165, 1.54) is 190 Å². The predicted molar refractivity (Wildman–Crippen MR) is 214 cm³/mol. The van der Waals surface area contributed by atoms with E-state index in [9.17, 15) is 4.89 Å². The zero-order valence-corrected chi connectivity index (χ0v) is 32.9. The van der Waals surface area contributed by atoms with Gasteiger partial charge in [-0.3, -0.25) is 0 Å². The average Bonchev–Trinajstić information content (AvgIpc) is 3.07. The third kappa shape index (κ3) is 15.8. The summed E-state index contributed by atoms with van der Waals surface area (Å²) in [6.07, 6.45) is 36.8. The van der Waals surface area contributed by atoms with Gasteiger partial charge in [0.15, 0.2) is 0 Å². The number of unbranched alkanes of at least 4 members (excludes halogenated alkanes) is 20. The van der Waals surface area contributed by atoms with Crippen molar-refractivity contribution in [2.75, 3.05) is 24.6 Å². The number of hydrogen-bond acceptors (Lipinski definition) is 2. The molecule has 0 bridgehead atoms. The van der Waals surface area contributed by atoms with Gasteiger partial charge >= 0.3 is 289 Å². The van der Waals surface area contributed by atoms with Crippen LogP contribution in [-0.4, -0.2) is 29.5 Å². The molecule has 2 nitrogen and oxygen atoms in total. The zero-order valence-electron chi connectivity index (χ0n) is 31.1. The Morgan fingerprint density at radius 3 is 1.22 bits per heavy atom. The summed E-state index contributed by atoms with van der Waals surface area (Å²) in [6.45, 7) is 6.58. The maximum absolute atomic E-state index is 12.3. The molecular formula is C42H76O2P2. The fraction of sp³-hybridized carbons (Fsp3) is 0.762. The van der Waals surface area contributed by atoms with Crippen molar-refractivity contribution < 1.29 is 9.20 Å². The molecule has 1 atom stereocenters. The van der Waals surface area contributed by atoms with Crippen molar-refractivity contribution in [3.63, 3.8) is 0 Å². The molecule has 0 radical (unpaired) electrons. The second-order valence-corrected chi connectivity index (χ2v) is 21.9. The Morgan fingerprint density at radius 2 is 0.804 bits per heavy atom. The van der Waals surface area contributed by atoms with Gasteiger partial charge in [-0.25, -0.2) is 0 Å². The van der Waals surface area contributed by atoms with Gasteiger partial charge < -0.3 is 0 Å². The van der Waals surface area contributed by atoms with E-state index in [0.29, 0.717) is 0 Å². The van der Waals surface area contributed by atoms with Crippen LogP contribution < -0.4 is 5.30 Å².